The van der Waals surface area contributed by atoms with E-state index in [-0.39, 0.29) is 0 Å². The maximum atomic E-state index is 5.92. The minimum absolute atomic E-state index is 0.719. The molecule has 1 fully saturated rings. The summed E-state index contributed by atoms with van der Waals surface area (Å²) in [5, 5.41) is 11.5. The summed E-state index contributed by atoms with van der Waals surface area (Å²) in [7, 11) is 0. The Morgan fingerprint density at radius 1 is 1.28 bits per heavy atom. The number of nitrogens with one attached hydrogen (secondary N) is 2. The highest BCUT2D eigenvalue weighted by atomic mass is 35.5. The zero-order valence-electron chi connectivity index (χ0n) is 10.1. The fourth-order valence-electron chi connectivity index (χ4n) is 2.52. The van der Waals surface area contributed by atoms with Crippen LogP contribution in [-0.2, 0) is 6.42 Å². The predicted octanol–water partition coefficient (Wildman–Crippen LogP) is 2.88. The standard InChI is InChI=1S/C14H16ClN3/c15-12-3-1-11(2-4-12)13-9-17-18-14(13)7-10-5-6-16-8-10/h1-4,9-10,16H,5-8H2,(H,17,18). The van der Waals surface area contributed by atoms with Gasteiger partial charge in [-0.15, -0.1) is 0 Å². The molecule has 1 aromatic carbocycles. The minimum Gasteiger partial charge on any atom is -0.316 e. The van der Waals surface area contributed by atoms with Gasteiger partial charge in [-0.05, 0) is 49.5 Å². The molecule has 3 rings (SSSR count). The Kier molecular flexibility index (Phi) is 3.35. The zero-order valence-corrected chi connectivity index (χ0v) is 10.9. The molecular formula is C14H16ClN3. The molecule has 0 amide bonds. The van der Waals surface area contributed by atoms with Crippen LogP contribution in [0.25, 0.3) is 11.1 Å². The van der Waals surface area contributed by atoms with Gasteiger partial charge in [0.15, 0.2) is 0 Å². The van der Waals surface area contributed by atoms with Crippen molar-refractivity contribution in [2.75, 3.05) is 13.1 Å². The van der Waals surface area contributed by atoms with Crippen molar-refractivity contribution in [1.82, 2.24) is 15.5 Å². The quantitative estimate of drug-likeness (QED) is 0.892. The van der Waals surface area contributed by atoms with Crippen molar-refractivity contribution in [3.8, 4) is 11.1 Å². The van der Waals surface area contributed by atoms with E-state index in [1.165, 1.54) is 23.2 Å². The predicted molar refractivity (Wildman–Crippen MR) is 73.7 cm³/mol. The van der Waals surface area contributed by atoms with Crippen LogP contribution in [-0.4, -0.2) is 23.3 Å². The van der Waals surface area contributed by atoms with Gasteiger partial charge in [0.2, 0.25) is 0 Å². The van der Waals surface area contributed by atoms with Gasteiger partial charge in [0.1, 0.15) is 0 Å². The van der Waals surface area contributed by atoms with Crippen LogP contribution in [0.5, 0.6) is 0 Å². The molecule has 1 aliphatic heterocycles. The van der Waals surface area contributed by atoms with Crippen molar-refractivity contribution in [3.05, 3.63) is 41.2 Å². The molecule has 0 bridgehead atoms. The summed E-state index contributed by atoms with van der Waals surface area (Å²) >= 11 is 5.92. The lowest BCUT2D eigenvalue weighted by Crippen LogP contribution is -2.11. The van der Waals surface area contributed by atoms with Crippen LogP contribution in [0.1, 0.15) is 12.1 Å². The van der Waals surface area contributed by atoms with Gasteiger partial charge >= 0.3 is 0 Å². The largest absolute Gasteiger partial charge is 0.316 e. The third kappa shape index (κ3) is 2.42. The normalized spacial score (nSPS) is 19.3. The van der Waals surface area contributed by atoms with Gasteiger partial charge in [-0.1, -0.05) is 23.7 Å². The number of halogens is 1. The van der Waals surface area contributed by atoms with Gasteiger partial charge in [-0.2, -0.15) is 5.10 Å². The van der Waals surface area contributed by atoms with E-state index < -0.39 is 0 Å². The number of aromatic nitrogens is 2. The molecular weight excluding hydrogens is 246 g/mol. The lowest BCUT2D eigenvalue weighted by molar-refractivity contribution is 0.571. The smallest absolute Gasteiger partial charge is 0.0568 e. The molecule has 1 unspecified atom stereocenters. The fourth-order valence-corrected chi connectivity index (χ4v) is 2.65. The minimum atomic E-state index is 0.719. The maximum Gasteiger partial charge on any atom is 0.0568 e. The van der Waals surface area contributed by atoms with E-state index in [2.05, 4.69) is 15.5 Å². The highest BCUT2D eigenvalue weighted by Crippen LogP contribution is 2.26. The van der Waals surface area contributed by atoms with Crippen LogP contribution in [0, 0.1) is 5.92 Å². The van der Waals surface area contributed by atoms with Gasteiger partial charge in [0.05, 0.1) is 6.20 Å². The number of rotatable bonds is 3. The number of hydrogen-bond acceptors (Lipinski definition) is 2. The molecule has 94 valence electrons. The Labute approximate surface area is 112 Å². The van der Waals surface area contributed by atoms with E-state index in [4.69, 9.17) is 11.6 Å². The van der Waals surface area contributed by atoms with Gasteiger partial charge in [-0.3, -0.25) is 5.10 Å². The molecule has 1 saturated heterocycles. The van der Waals surface area contributed by atoms with Gasteiger partial charge in [0.25, 0.3) is 0 Å². The van der Waals surface area contributed by atoms with E-state index in [9.17, 15) is 0 Å². The van der Waals surface area contributed by atoms with Crippen LogP contribution in [0.3, 0.4) is 0 Å². The number of hydrogen-bond donors (Lipinski definition) is 2. The third-order valence-electron chi connectivity index (χ3n) is 3.53. The summed E-state index contributed by atoms with van der Waals surface area (Å²) in [6.45, 7) is 2.24. The number of nitrogens with zero attached hydrogens (tertiary/aromatic N) is 1. The van der Waals surface area contributed by atoms with Crippen molar-refractivity contribution < 1.29 is 0 Å². The Bertz CT molecular complexity index is 512. The van der Waals surface area contributed by atoms with E-state index in [0.717, 1.165) is 30.5 Å². The molecule has 1 aliphatic rings. The average Bonchev–Trinajstić information content (AvgIpc) is 3.02. The highest BCUT2D eigenvalue weighted by Gasteiger charge is 2.18. The second-order valence-corrected chi connectivity index (χ2v) is 5.27. The molecule has 4 heteroatoms. The number of benzene rings is 1. The van der Waals surface area contributed by atoms with Crippen LogP contribution in [0.2, 0.25) is 5.02 Å². The molecule has 3 nitrogen and oxygen atoms in total. The van der Waals surface area contributed by atoms with Crippen LogP contribution in [0.4, 0.5) is 0 Å². The molecule has 1 atom stereocenters. The first kappa shape index (κ1) is 11.8. The molecule has 0 saturated carbocycles. The Hall–Kier alpha value is -1.32. The van der Waals surface area contributed by atoms with E-state index in [1.54, 1.807) is 0 Å². The third-order valence-corrected chi connectivity index (χ3v) is 3.78. The van der Waals surface area contributed by atoms with Crippen LogP contribution in [0.15, 0.2) is 30.5 Å². The summed E-state index contributed by atoms with van der Waals surface area (Å²) in [4.78, 5) is 0. The number of aromatic amines is 1. The fraction of sp³-hybridized carbons (Fsp3) is 0.357. The maximum absolute atomic E-state index is 5.92. The summed E-state index contributed by atoms with van der Waals surface area (Å²) in [6, 6.07) is 7.93. The van der Waals surface area contributed by atoms with Gasteiger partial charge in [-0.25, -0.2) is 0 Å². The van der Waals surface area contributed by atoms with E-state index in [1.807, 2.05) is 30.5 Å². The first-order valence-electron chi connectivity index (χ1n) is 6.32. The molecule has 18 heavy (non-hydrogen) atoms. The zero-order chi connectivity index (χ0) is 12.4. The lowest BCUT2D eigenvalue weighted by Gasteiger charge is -2.08. The highest BCUT2D eigenvalue weighted by molar-refractivity contribution is 6.30. The van der Waals surface area contributed by atoms with E-state index >= 15 is 0 Å². The lowest BCUT2D eigenvalue weighted by atomic mass is 9.97. The number of H-pyrrole nitrogens is 1. The second-order valence-electron chi connectivity index (χ2n) is 4.83. The van der Waals surface area contributed by atoms with E-state index in [0.29, 0.717) is 0 Å². The molecule has 1 aromatic heterocycles. The molecule has 0 aliphatic carbocycles. The molecule has 2 heterocycles. The van der Waals surface area contributed by atoms with Crippen LogP contribution < -0.4 is 5.32 Å². The first-order valence-corrected chi connectivity index (χ1v) is 6.69. The van der Waals surface area contributed by atoms with Crippen molar-refractivity contribution >= 4 is 11.6 Å². The SMILES string of the molecule is Clc1ccc(-c2cn[nH]c2CC2CCNC2)cc1. The molecule has 0 spiro atoms. The molecule has 0 radical (unpaired) electrons. The Morgan fingerprint density at radius 3 is 2.83 bits per heavy atom. The van der Waals surface area contributed by atoms with Gasteiger partial charge in [0, 0.05) is 16.3 Å². The van der Waals surface area contributed by atoms with Crippen molar-refractivity contribution in [2.45, 2.75) is 12.8 Å². The van der Waals surface area contributed by atoms with Crippen molar-refractivity contribution in [3.63, 3.8) is 0 Å². The van der Waals surface area contributed by atoms with Crippen molar-refractivity contribution in [2.24, 2.45) is 5.92 Å². The molecule has 2 N–H and O–H groups in total. The second kappa shape index (κ2) is 5.12. The summed E-state index contributed by atoms with van der Waals surface area (Å²) in [6.07, 6.45) is 4.21. The topological polar surface area (TPSA) is 40.7 Å². The summed E-state index contributed by atoms with van der Waals surface area (Å²) in [5.74, 6) is 0.719. The molecule has 2 aromatic rings. The van der Waals surface area contributed by atoms with Crippen LogP contribution >= 0.6 is 11.6 Å². The monoisotopic (exact) mass is 261 g/mol. The summed E-state index contributed by atoms with van der Waals surface area (Å²) < 4.78 is 0. The van der Waals surface area contributed by atoms with Gasteiger partial charge < -0.3 is 5.32 Å². The average molecular weight is 262 g/mol. The van der Waals surface area contributed by atoms with Crippen molar-refractivity contribution in [1.29, 1.82) is 0 Å². The Morgan fingerprint density at radius 2 is 2.11 bits per heavy atom. The first-order chi connectivity index (χ1) is 8.83. The summed E-state index contributed by atoms with van der Waals surface area (Å²) in [5.41, 5.74) is 3.60. The Balaban J connectivity index is 1.84.